The van der Waals surface area contributed by atoms with E-state index < -0.39 is 31.3 Å². The van der Waals surface area contributed by atoms with Gasteiger partial charge in [-0.25, -0.2) is 0 Å². The van der Waals surface area contributed by atoms with Gasteiger partial charge >= 0.3 is 12.1 Å². The third-order valence-corrected chi connectivity index (χ3v) is 2.31. The highest BCUT2D eigenvalue weighted by molar-refractivity contribution is 5.77. The van der Waals surface area contributed by atoms with Crippen molar-refractivity contribution in [2.75, 3.05) is 19.8 Å². The van der Waals surface area contributed by atoms with Crippen molar-refractivity contribution >= 4 is 11.9 Å². The van der Waals surface area contributed by atoms with Gasteiger partial charge < -0.3 is 15.2 Å². The van der Waals surface area contributed by atoms with E-state index in [1.165, 1.54) is 0 Å². The summed E-state index contributed by atoms with van der Waals surface area (Å²) >= 11 is 0. The first-order chi connectivity index (χ1) is 8.70. The van der Waals surface area contributed by atoms with Gasteiger partial charge in [-0.2, -0.15) is 13.2 Å². The van der Waals surface area contributed by atoms with E-state index in [1.54, 1.807) is 0 Å². The molecule has 0 bridgehead atoms. The molecule has 0 saturated heterocycles. The van der Waals surface area contributed by atoms with Gasteiger partial charge in [-0.05, 0) is 18.8 Å². The van der Waals surface area contributed by atoms with E-state index in [9.17, 15) is 22.8 Å². The number of rotatable bonds is 9. The normalized spacial score (nSPS) is 13.1. The van der Waals surface area contributed by atoms with Crippen LogP contribution in [-0.4, -0.2) is 42.9 Å². The Morgan fingerprint density at radius 2 is 1.95 bits per heavy atom. The molecular weight excluding hydrogens is 267 g/mol. The first kappa shape index (κ1) is 17.7. The van der Waals surface area contributed by atoms with Gasteiger partial charge in [0.2, 0.25) is 5.91 Å². The minimum atomic E-state index is -4.44. The van der Waals surface area contributed by atoms with Crippen molar-refractivity contribution in [1.29, 1.82) is 0 Å². The molecule has 0 aliphatic carbocycles. The van der Waals surface area contributed by atoms with Crippen molar-refractivity contribution in [2.24, 2.45) is 5.92 Å². The maximum Gasteiger partial charge on any atom is 0.411 e. The quantitative estimate of drug-likeness (QED) is 0.674. The number of hydrogen-bond donors (Lipinski definition) is 2. The van der Waals surface area contributed by atoms with Crippen LogP contribution in [0.3, 0.4) is 0 Å². The van der Waals surface area contributed by atoms with E-state index in [0.29, 0.717) is 12.8 Å². The molecule has 0 saturated carbocycles. The highest BCUT2D eigenvalue weighted by atomic mass is 19.4. The monoisotopic (exact) mass is 285 g/mol. The maximum absolute atomic E-state index is 11.7. The van der Waals surface area contributed by atoms with E-state index in [1.807, 2.05) is 6.92 Å². The number of hydrogen-bond acceptors (Lipinski definition) is 3. The van der Waals surface area contributed by atoms with Crippen LogP contribution in [0.4, 0.5) is 13.2 Å². The molecule has 5 nitrogen and oxygen atoms in total. The molecule has 0 aliphatic heterocycles. The summed E-state index contributed by atoms with van der Waals surface area (Å²) in [6.07, 6.45) is -3.32. The van der Waals surface area contributed by atoms with Gasteiger partial charge in [0, 0.05) is 13.0 Å². The average molecular weight is 285 g/mol. The zero-order valence-corrected chi connectivity index (χ0v) is 10.6. The van der Waals surface area contributed by atoms with Crippen LogP contribution in [0, 0.1) is 5.92 Å². The number of halogens is 3. The van der Waals surface area contributed by atoms with Crippen LogP contribution in [0.15, 0.2) is 0 Å². The lowest BCUT2D eigenvalue weighted by atomic mass is 10.0. The Bertz CT molecular complexity index is 294. The molecule has 0 aromatic carbocycles. The van der Waals surface area contributed by atoms with Gasteiger partial charge in [0.1, 0.15) is 13.2 Å². The van der Waals surface area contributed by atoms with Crippen molar-refractivity contribution < 1.29 is 32.6 Å². The van der Waals surface area contributed by atoms with Gasteiger partial charge in [-0.1, -0.05) is 6.92 Å². The fourth-order valence-corrected chi connectivity index (χ4v) is 1.28. The molecule has 19 heavy (non-hydrogen) atoms. The zero-order chi connectivity index (χ0) is 14.9. The summed E-state index contributed by atoms with van der Waals surface area (Å²) in [7, 11) is 0. The SMILES string of the molecule is CC(CCNC(=O)COCC(F)(F)F)CCC(=O)O. The standard InChI is InChI=1S/C11H18F3NO4/c1-8(2-3-10(17)18)4-5-15-9(16)6-19-7-11(12,13)14/h8H,2-7H2,1H3,(H,15,16)(H,17,18). The van der Waals surface area contributed by atoms with Crippen LogP contribution in [0.1, 0.15) is 26.2 Å². The van der Waals surface area contributed by atoms with Crippen molar-refractivity contribution in [3.63, 3.8) is 0 Å². The highest BCUT2D eigenvalue weighted by Gasteiger charge is 2.27. The number of carboxylic acids is 1. The van der Waals surface area contributed by atoms with Gasteiger partial charge in [-0.3, -0.25) is 9.59 Å². The number of ether oxygens (including phenoxy) is 1. The van der Waals surface area contributed by atoms with E-state index >= 15 is 0 Å². The molecule has 112 valence electrons. The molecule has 0 aliphatic rings. The second-order valence-corrected chi connectivity index (χ2v) is 4.28. The van der Waals surface area contributed by atoms with Crippen LogP contribution in [0.5, 0.6) is 0 Å². The summed E-state index contributed by atoms with van der Waals surface area (Å²) in [5.41, 5.74) is 0. The Labute approximate surface area is 109 Å². The van der Waals surface area contributed by atoms with Crippen molar-refractivity contribution in [3.05, 3.63) is 0 Å². The molecule has 0 fully saturated rings. The number of alkyl halides is 3. The van der Waals surface area contributed by atoms with Crippen LogP contribution >= 0.6 is 0 Å². The number of aliphatic carboxylic acids is 1. The minimum absolute atomic E-state index is 0.0593. The molecule has 0 rings (SSSR count). The van der Waals surface area contributed by atoms with Gasteiger partial charge in [0.15, 0.2) is 0 Å². The number of carboxylic acid groups (broad SMARTS) is 1. The number of carbonyl (C=O) groups excluding carboxylic acids is 1. The summed E-state index contributed by atoms with van der Waals surface area (Å²) in [6, 6.07) is 0. The predicted octanol–water partition coefficient (Wildman–Crippen LogP) is 1.57. The largest absolute Gasteiger partial charge is 0.481 e. The van der Waals surface area contributed by atoms with Gasteiger partial charge in [0.25, 0.3) is 0 Å². The van der Waals surface area contributed by atoms with Crippen molar-refractivity contribution in [1.82, 2.24) is 5.32 Å². The Morgan fingerprint density at radius 1 is 1.32 bits per heavy atom. The molecule has 8 heteroatoms. The Balaban J connectivity index is 3.55. The third-order valence-electron chi connectivity index (χ3n) is 2.31. The lowest BCUT2D eigenvalue weighted by Gasteiger charge is -2.11. The van der Waals surface area contributed by atoms with Gasteiger partial charge in [-0.15, -0.1) is 0 Å². The molecule has 1 atom stereocenters. The van der Waals surface area contributed by atoms with Crippen LogP contribution in [-0.2, 0) is 14.3 Å². The minimum Gasteiger partial charge on any atom is -0.481 e. The average Bonchev–Trinajstić information content (AvgIpc) is 2.24. The lowest BCUT2D eigenvalue weighted by molar-refractivity contribution is -0.175. The van der Waals surface area contributed by atoms with E-state index in [4.69, 9.17) is 5.11 Å². The summed E-state index contributed by atoms with van der Waals surface area (Å²) in [4.78, 5) is 21.4. The third kappa shape index (κ3) is 12.9. The maximum atomic E-state index is 11.7. The number of nitrogens with one attached hydrogen (secondary N) is 1. The molecule has 1 amide bonds. The van der Waals surface area contributed by atoms with Crippen LogP contribution in [0.25, 0.3) is 0 Å². The second kappa shape index (κ2) is 8.73. The smallest absolute Gasteiger partial charge is 0.411 e. The lowest BCUT2D eigenvalue weighted by Crippen LogP contribution is -2.31. The van der Waals surface area contributed by atoms with Crippen molar-refractivity contribution in [2.45, 2.75) is 32.4 Å². The zero-order valence-electron chi connectivity index (χ0n) is 10.6. The summed E-state index contributed by atoms with van der Waals surface area (Å²) in [5.74, 6) is -1.38. The Kier molecular flexibility index (Phi) is 8.13. The number of carbonyl (C=O) groups is 2. The van der Waals surface area contributed by atoms with Crippen LogP contribution in [0.2, 0.25) is 0 Å². The molecule has 0 aromatic heterocycles. The molecule has 0 spiro atoms. The Morgan fingerprint density at radius 3 is 2.47 bits per heavy atom. The number of amides is 1. The summed E-state index contributed by atoms with van der Waals surface area (Å²) in [5, 5.41) is 10.9. The topological polar surface area (TPSA) is 75.6 Å². The Hall–Kier alpha value is -1.31. The molecule has 0 heterocycles. The summed E-state index contributed by atoms with van der Waals surface area (Å²) in [6.45, 7) is 0.0443. The second-order valence-electron chi connectivity index (χ2n) is 4.28. The molecule has 0 aromatic rings. The molecule has 0 radical (unpaired) electrons. The van der Waals surface area contributed by atoms with E-state index in [0.717, 1.165) is 0 Å². The van der Waals surface area contributed by atoms with E-state index in [2.05, 4.69) is 10.1 Å². The van der Waals surface area contributed by atoms with Gasteiger partial charge in [0.05, 0.1) is 0 Å². The molecule has 2 N–H and O–H groups in total. The molecule has 1 unspecified atom stereocenters. The molecular formula is C11H18F3NO4. The van der Waals surface area contributed by atoms with E-state index in [-0.39, 0.29) is 18.9 Å². The predicted molar refractivity (Wildman–Crippen MR) is 60.5 cm³/mol. The fourth-order valence-electron chi connectivity index (χ4n) is 1.28. The first-order valence-electron chi connectivity index (χ1n) is 5.83. The first-order valence-corrected chi connectivity index (χ1v) is 5.83. The fraction of sp³-hybridized carbons (Fsp3) is 0.818. The summed E-state index contributed by atoms with van der Waals surface area (Å²) < 4.78 is 39.3. The van der Waals surface area contributed by atoms with Crippen molar-refractivity contribution in [3.8, 4) is 0 Å². The highest BCUT2D eigenvalue weighted by Crippen LogP contribution is 2.14. The van der Waals surface area contributed by atoms with Crippen LogP contribution < -0.4 is 5.32 Å².